The largest absolute Gasteiger partial charge is 0.233 e. The molecule has 0 amide bonds. The summed E-state index contributed by atoms with van der Waals surface area (Å²) in [6.07, 6.45) is 7.07. The van der Waals surface area contributed by atoms with Crippen molar-refractivity contribution in [1.29, 1.82) is 0 Å². The minimum absolute atomic E-state index is 0.318. The van der Waals surface area contributed by atoms with E-state index in [9.17, 15) is 5.11 Å². The number of aryl methyl sites for hydroxylation is 1. The van der Waals surface area contributed by atoms with E-state index in [4.69, 9.17) is 0 Å². The molecule has 0 fully saturated rings. The second-order valence-electron chi connectivity index (χ2n) is 4.50. The number of rotatable bonds is 8. The van der Waals surface area contributed by atoms with Crippen LogP contribution < -0.4 is 0 Å². The maximum absolute atomic E-state index is 11.4. The van der Waals surface area contributed by atoms with E-state index in [1.165, 1.54) is 18.4 Å². The Morgan fingerprint density at radius 3 is 2.44 bits per heavy atom. The normalized spacial score (nSPS) is 12.6. The quantitative estimate of drug-likeness (QED) is 0.578. The fraction of sp³-hybridized carbons (Fsp3) is 0.600. The number of hydrogen-bond acceptors (Lipinski definition) is 0. The van der Waals surface area contributed by atoms with E-state index in [2.05, 4.69) is 37.3 Å². The lowest BCUT2D eigenvalue weighted by Gasteiger charge is -2.06. The molecule has 1 rings (SSSR count). The lowest BCUT2D eigenvalue weighted by atomic mass is 10.0. The molecule has 0 N–H and O–H groups in total. The monoisotopic (exact) mass is 219 g/mol. The summed E-state index contributed by atoms with van der Waals surface area (Å²) in [6, 6.07) is 10.6. The first-order valence-corrected chi connectivity index (χ1v) is 6.52. The molecule has 0 heterocycles. The molecule has 1 aromatic carbocycles. The van der Waals surface area contributed by atoms with Crippen molar-refractivity contribution in [3.05, 3.63) is 35.9 Å². The van der Waals surface area contributed by atoms with Crippen molar-refractivity contribution in [1.82, 2.24) is 0 Å². The van der Waals surface area contributed by atoms with Gasteiger partial charge in [-0.05, 0) is 31.2 Å². The predicted molar refractivity (Wildman–Crippen MR) is 68.0 cm³/mol. The molecule has 89 valence electrons. The lowest BCUT2D eigenvalue weighted by Crippen LogP contribution is -2.03. The molecule has 0 aliphatic rings. The molecule has 0 saturated carbocycles. The Labute approximate surface area is 99.5 Å². The van der Waals surface area contributed by atoms with Crippen molar-refractivity contribution >= 4 is 0 Å². The van der Waals surface area contributed by atoms with Gasteiger partial charge >= 0.3 is 0 Å². The molecule has 0 aliphatic heterocycles. The first-order chi connectivity index (χ1) is 7.83. The molecule has 1 heteroatoms. The predicted octanol–water partition coefficient (Wildman–Crippen LogP) is 4.39. The van der Waals surface area contributed by atoms with Crippen molar-refractivity contribution in [3.8, 4) is 0 Å². The fourth-order valence-corrected chi connectivity index (χ4v) is 1.99. The van der Waals surface area contributed by atoms with Gasteiger partial charge in [0.05, 0.1) is 6.10 Å². The minimum atomic E-state index is -0.318. The molecule has 1 nitrogen and oxygen atoms in total. The van der Waals surface area contributed by atoms with E-state index in [1.807, 2.05) is 0 Å². The Bertz CT molecular complexity index is 255. The summed E-state index contributed by atoms with van der Waals surface area (Å²) in [5, 5.41) is 11.4. The van der Waals surface area contributed by atoms with Gasteiger partial charge in [0, 0.05) is 0 Å². The Balaban J connectivity index is 2.00. The average Bonchev–Trinajstić information content (AvgIpc) is 2.30. The van der Waals surface area contributed by atoms with Gasteiger partial charge in [0.25, 0.3) is 0 Å². The standard InChI is InChI=1S/C15H23O/c1-2-9-15(16)13-8-4-7-12-14-10-5-3-6-11-14/h3,5-6,10-11,15H,2,4,7-9,12-13H2,1H3. The summed E-state index contributed by atoms with van der Waals surface area (Å²) in [7, 11) is 0. The van der Waals surface area contributed by atoms with Gasteiger partial charge in [0.15, 0.2) is 0 Å². The van der Waals surface area contributed by atoms with E-state index < -0.39 is 0 Å². The van der Waals surface area contributed by atoms with E-state index in [-0.39, 0.29) is 6.10 Å². The van der Waals surface area contributed by atoms with Gasteiger partial charge in [-0.15, -0.1) is 0 Å². The van der Waals surface area contributed by atoms with Crippen molar-refractivity contribution in [2.24, 2.45) is 0 Å². The molecule has 1 aromatic rings. The highest BCUT2D eigenvalue weighted by atomic mass is 16.3. The maximum Gasteiger partial charge on any atom is 0.0930 e. The first kappa shape index (κ1) is 13.2. The van der Waals surface area contributed by atoms with Crippen LogP contribution in [-0.4, -0.2) is 6.10 Å². The van der Waals surface area contributed by atoms with Crippen molar-refractivity contribution in [3.63, 3.8) is 0 Å². The van der Waals surface area contributed by atoms with Crippen LogP contribution in [0.3, 0.4) is 0 Å². The second-order valence-corrected chi connectivity index (χ2v) is 4.50. The maximum atomic E-state index is 11.4. The number of unbranched alkanes of at least 4 members (excludes halogenated alkanes) is 2. The molecular formula is C15H23O. The molecule has 1 radical (unpaired) electrons. The average molecular weight is 219 g/mol. The Kier molecular flexibility index (Phi) is 6.91. The van der Waals surface area contributed by atoms with Crippen LogP contribution >= 0.6 is 0 Å². The number of benzene rings is 1. The second kappa shape index (κ2) is 8.35. The smallest absolute Gasteiger partial charge is 0.0930 e. The zero-order valence-electron chi connectivity index (χ0n) is 10.3. The number of hydrogen-bond donors (Lipinski definition) is 0. The Morgan fingerprint density at radius 1 is 1.00 bits per heavy atom. The van der Waals surface area contributed by atoms with Crippen LogP contribution in [0.2, 0.25) is 0 Å². The van der Waals surface area contributed by atoms with Crippen LogP contribution in [-0.2, 0) is 11.5 Å². The van der Waals surface area contributed by atoms with Gasteiger partial charge in [-0.2, -0.15) is 0 Å². The van der Waals surface area contributed by atoms with Crippen LogP contribution in [0.15, 0.2) is 30.3 Å². The van der Waals surface area contributed by atoms with E-state index in [0.29, 0.717) is 0 Å². The first-order valence-electron chi connectivity index (χ1n) is 6.52. The van der Waals surface area contributed by atoms with E-state index >= 15 is 0 Å². The Hall–Kier alpha value is -0.820. The fourth-order valence-electron chi connectivity index (χ4n) is 1.99. The Morgan fingerprint density at radius 2 is 1.75 bits per heavy atom. The summed E-state index contributed by atoms with van der Waals surface area (Å²) >= 11 is 0. The molecular weight excluding hydrogens is 196 g/mol. The lowest BCUT2D eigenvalue weighted by molar-refractivity contribution is 0.0707. The van der Waals surface area contributed by atoms with Crippen LogP contribution in [0.1, 0.15) is 51.0 Å². The van der Waals surface area contributed by atoms with Gasteiger partial charge in [-0.3, -0.25) is 0 Å². The molecule has 0 bridgehead atoms. The van der Waals surface area contributed by atoms with Crippen LogP contribution in [0.5, 0.6) is 0 Å². The molecule has 16 heavy (non-hydrogen) atoms. The van der Waals surface area contributed by atoms with Crippen LogP contribution in [0.25, 0.3) is 0 Å². The molecule has 1 unspecified atom stereocenters. The molecule has 0 aliphatic carbocycles. The summed E-state index contributed by atoms with van der Waals surface area (Å²) < 4.78 is 0. The molecule has 0 spiro atoms. The van der Waals surface area contributed by atoms with Gasteiger partial charge in [0.2, 0.25) is 0 Å². The highest BCUT2D eigenvalue weighted by Gasteiger charge is 2.03. The van der Waals surface area contributed by atoms with E-state index in [1.54, 1.807) is 0 Å². The van der Waals surface area contributed by atoms with Gasteiger partial charge in [-0.1, -0.05) is 56.5 Å². The SMILES string of the molecule is CCCC([O])CCCCCc1ccccc1. The van der Waals surface area contributed by atoms with Gasteiger partial charge < -0.3 is 0 Å². The molecule has 0 saturated heterocycles. The zero-order valence-corrected chi connectivity index (χ0v) is 10.3. The molecule has 0 aromatic heterocycles. The topological polar surface area (TPSA) is 19.9 Å². The van der Waals surface area contributed by atoms with Crippen molar-refractivity contribution < 1.29 is 5.11 Å². The summed E-state index contributed by atoms with van der Waals surface area (Å²) in [4.78, 5) is 0. The highest BCUT2D eigenvalue weighted by molar-refractivity contribution is 5.14. The third-order valence-corrected chi connectivity index (χ3v) is 2.95. The summed E-state index contributed by atoms with van der Waals surface area (Å²) in [5.74, 6) is 0. The van der Waals surface area contributed by atoms with Crippen molar-refractivity contribution in [2.75, 3.05) is 0 Å². The van der Waals surface area contributed by atoms with Crippen molar-refractivity contribution in [2.45, 2.75) is 58.0 Å². The van der Waals surface area contributed by atoms with E-state index in [0.717, 1.165) is 32.1 Å². The summed E-state index contributed by atoms with van der Waals surface area (Å²) in [6.45, 7) is 2.08. The molecule has 1 atom stereocenters. The third-order valence-electron chi connectivity index (χ3n) is 2.95. The third kappa shape index (κ3) is 5.92. The summed E-state index contributed by atoms with van der Waals surface area (Å²) in [5.41, 5.74) is 1.41. The van der Waals surface area contributed by atoms with Gasteiger partial charge in [-0.25, -0.2) is 5.11 Å². The highest BCUT2D eigenvalue weighted by Crippen LogP contribution is 2.11. The van der Waals surface area contributed by atoms with Crippen LogP contribution in [0.4, 0.5) is 0 Å². The van der Waals surface area contributed by atoms with Gasteiger partial charge in [0.1, 0.15) is 0 Å². The minimum Gasteiger partial charge on any atom is -0.233 e. The van der Waals surface area contributed by atoms with Crippen LogP contribution in [0, 0.1) is 0 Å². The zero-order chi connectivity index (χ0) is 11.6.